The van der Waals surface area contributed by atoms with Gasteiger partial charge < -0.3 is 63.0 Å². The summed E-state index contributed by atoms with van der Waals surface area (Å²) in [5, 5.41) is 74.7. The number of benzene rings is 2. The average Bonchev–Trinajstić information content (AvgIpc) is 3.45. The van der Waals surface area contributed by atoms with E-state index in [1.54, 1.807) is 0 Å². The lowest BCUT2D eigenvalue weighted by Crippen LogP contribution is -2.49. The third kappa shape index (κ3) is 14.6. The van der Waals surface area contributed by atoms with Crippen LogP contribution in [0.5, 0.6) is 0 Å². The smallest absolute Gasteiger partial charge is 0.0789 e. The number of para-hydroxylation sites is 4. The second-order valence-electron chi connectivity index (χ2n) is 23.7. The van der Waals surface area contributed by atoms with Crippen molar-refractivity contribution in [1.82, 2.24) is 31.2 Å². The summed E-state index contributed by atoms with van der Waals surface area (Å²) in [6.45, 7) is 10.0. The number of aromatic nitrogens is 2. The molecule has 2 aromatic carbocycles. The highest BCUT2D eigenvalue weighted by Gasteiger charge is 2.42. The summed E-state index contributed by atoms with van der Waals surface area (Å²) in [4.78, 5) is 9.58. The molecule has 0 radical (unpaired) electrons. The van der Waals surface area contributed by atoms with Crippen LogP contribution in [0.25, 0.3) is 0 Å². The van der Waals surface area contributed by atoms with E-state index in [1.807, 2.05) is 64.1 Å². The first-order valence-corrected chi connectivity index (χ1v) is 29.8. The highest BCUT2D eigenvalue weighted by molar-refractivity contribution is 5.70. The van der Waals surface area contributed by atoms with Gasteiger partial charge in [0.15, 0.2) is 0 Å². The summed E-state index contributed by atoms with van der Waals surface area (Å²) in [6, 6.07) is 30.4. The molecule has 14 heteroatoms. The molecule has 2 aliphatic heterocycles. The van der Waals surface area contributed by atoms with Crippen molar-refractivity contribution in [2.45, 2.75) is 203 Å². The Morgan fingerprint density at radius 1 is 0.329 bits per heavy atom. The Morgan fingerprint density at radius 3 is 0.816 bits per heavy atom. The van der Waals surface area contributed by atoms with Crippen LogP contribution in [0.1, 0.15) is 177 Å². The van der Waals surface area contributed by atoms with Crippen molar-refractivity contribution >= 4 is 22.7 Å². The maximum atomic E-state index is 12.2. The first kappa shape index (κ1) is 56.3. The summed E-state index contributed by atoms with van der Waals surface area (Å²) >= 11 is 0. The molecule has 4 saturated carbocycles. The first-order valence-electron chi connectivity index (χ1n) is 29.8. The predicted octanol–water partition coefficient (Wildman–Crippen LogP) is 9.52. The maximum absolute atomic E-state index is 12.2. The average molecular weight is 1040 g/mol. The molecule has 6 aliphatic rings. The lowest BCUT2D eigenvalue weighted by atomic mass is 9.71. The van der Waals surface area contributed by atoms with Crippen LogP contribution in [0.3, 0.4) is 0 Å². The van der Waals surface area contributed by atoms with Crippen molar-refractivity contribution in [1.29, 1.82) is 0 Å². The fourth-order valence-corrected chi connectivity index (χ4v) is 13.6. The van der Waals surface area contributed by atoms with Gasteiger partial charge in [0.1, 0.15) is 0 Å². The van der Waals surface area contributed by atoms with Crippen molar-refractivity contribution in [3.63, 3.8) is 0 Å². The Balaban J connectivity index is 0.000000196. The molecule has 4 aromatic rings. The number of rotatable bonds is 0. The van der Waals surface area contributed by atoms with Crippen LogP contribution < -0.4 is 42.5 Å². The number of hydrogen-bond donors (Lipinski definition) is 12. The van der Waals surface area contributed by atoms with E-state index < -0.39 is 12.2 Å². The molecule has 12 N–H and O–H groups in total. The largest absolute Gasteiger partial charge is 0.392 e. The first-order chi connectivity index (χ1) is 37.0. The summed E-state index contributed by atoms with van der Waals surface area (Å²) in [5.74, 6) is 0.958. The SMILES string of the molecule is CC1NCC(O)CNC(C)c2cccc(n2)C(C)NCC(O)CNC(C)c2cccc1n2.OC1C2CCCCC2Nc2ccccc2NC2CCCCC2C(O)C2CCCCC2Nc2ccccc2NC2CCCCC21. The Labute approximate surface area is 454 Å². The van der Waals surface area contributed by atoms with Gasteiger partial charge in [-0.25, -0.2) is 0 Å². The molecule has 4 bridgehead atoms. The van der Waals surface area contributed by atoms with Gasteiger partial charge in [0.2, 0.25) is 0 Å². The molecule has 12 unspecified atom stereocenters. The minimum atomic E-state index is -0.528. The van der Waals surface area contributed by atoms with Crippen molar-refractivity contribution in [2.24, 2.45) is 23.7 Å². The van der Waals surface area contributed by atoms with Gasteiger partial charge in [0.05, 0.1) is 69.9 Å². The minimum absolute atomic E-state index is 0.00875. The number of aliphatic hydroxyl groups is 4. The second kappa shape index (κ2) is 27.5. The molecule has 76 heavy (non-hydrogen) atoms. The summed E-state index contributed by atoms with van der Waals surface area (Å²) in [5.41, 5.74) is 8.32. The number of β-amino-alcohol motifs (C(OH)–C–C–N with tert-alkyl or cyclic N) is 2. The standard InChI is InChI=1S/C38H56N4O2.C24H38N6O2/c43-37-25-13-1-5-17-29(25)39-33-21-9-10-22-34(33)41-31-19-7-3-15-27(31)38(44)28-16-4-8-20-32(28)42-36-24-12-11-23-35(36)40-30-18-6-2-14-26(30)37;1-15-21-7-5-8-22(29-21)16(2)27-13-20(32)14-28-18(4)24-10-6-9-23(30-24)17(3)26-12-19(31)11-25-15/h9-12,21-32,37-44H,1-8,13-20H2;5-10,15-20,25-28,31-32H,11-14H2,1-4H3. The Bertz CT molecular complexity index is 2080. The lowest BCUT2D eigenvalue weighted by Gasteiger charge is -2.45. The Hall–Kier alpha value is -4.38. The van der Waals surface area contributed by atoms with Gasteiger partial charge >= 0.3 is 0 Å². The highest BCUT2D eigenvalue weighted by Crippen LogP contribution is 2.43. The number of hydrogen-bond acceptors (Lipinski definition) is 14. The van der Waals surface area contributed by atoms with Crippen molar-refractivity contribution in [2.75, 3.05) is 47.4 Å². The van der Waals surface area contributed by atoms with E-state index in [9.17, 15) is 20.4 Å². The fourth-order valence-electron chi connectivity index (χ4n) is 13.6. The third-order valence-electron chi connectivity index (χ3n) is 18.2. The van der Waals surface area contributed by atoms with E-state index in [0.29, 0.717) is 26.2 Å². The van der Waals surface area contributed by atoms with Crippen LogP contribution >= 0.6 is 0 Å². The monoisotopic (exact) mass is 1040 g/mol. The number of nitrogens with one attached hydrogen (secondary N) is 8. The molecule has 416 valence electrons. The zero-order valence-electron chi connectivity index (χ0n) is 46.1. The Kier molecular flexibility index (Phi) is 20.4. The van der Waals surface area contributed by atoms with Gasteiger partial charge in [0, 0.05) is 98.2 Å². The Morgan fingerprint density at radius 2 is 0.566 bits per heavy atom. The van der Waals surface area contributed by atoms with E-state index in [-0.39, 0.29) is 84.2 Å². The predicted molar refractivity (Wildman–Crippen MR) is 309 cm³/mol. The molecule has 4 heterocycles. The van der Waals surface area contributed by atoms with E-state index in [4.69, 9.17) is 9.97 Å². The molecular formula is C62H94N10O4. The van der Waals surface area contributed by atoms with Crippen LogP contribution in [0.15, 0.2) is 84.9 Å². The zero-order chi connectivity index (χ0) is 53.0. The molecule has 0 saturated heterocycles. The second-order valence-corrected chi connectivity index (χ2v) is 23.7. The van der Waals surface area contributed by atoms with E-state index in [1.165, 1.54) is 51.4 Å². The number of pyridine rings is 2. The van der Waals surface area contributed by atoms with Crippen molar-refractivity contribution in [3.05, 3.63) is 108 Å². The molecular weight excluding hydrogens is 949 g/mol. The maximum Gasteiger partial charge on any atom is 0.0789 e. The van der Waals surface area contributed by atoms with Crippen LogP contribution in [-0.4, -0.2) is 105 Å². The molecule has 10 rings (SSSR count). The molecule has 4 aliphatic carbocycles. The summed E-state index contributed by atoms with van der Waals surface area (Å²) < 4.78 is 0. The quantitative estimate of drug-likeness (QED) is 0.0794. The van der Waals surface area contributed by atoms with Gasteiger partial charge in [-0.1, -0.05) is 87.8 Å². The van der Waals surface area contributed by atoms with Crippen LogP contribution in [0.2, 0.25) is 0 Å². The normalized spacial score (nSPS) is 35.1. The van der Waals surface area contributed by atoms with Crippen LogP contribution in [-0.2, 0) is 0 Å². The molecule has 4 fully saturated rings. The number of anilines is 4. The zero-order valence-corrected chi connectivity index (χ0v) is 46.1. The van der Waals surface area contributed by atoms with Crippen molar-refractivity contribution < 1.29 is 20.4 Å². The van der Waals surface area contributed by atoms with Crippen LogP contribution in [0.4, 0.5) is 22.7 Å². The van der Waals surface area contributed by atoms with Gasteiger partial charge in [-0.2, -0.15) is 0 Å². The van der Waals surface area contributed by atoms with E-state index >= 15 is 0 Å². The molecule has 2 aromatic heterocycles. The van der Waals surface area contributed by atoms with Gasteiger partial charge in [0.25, 0.3) is 0 Å². The third-order valence-corrected chi connectivity index (χ3v) is 18.2. The summed E-state index contributed by atoms with van der Waals surface area (Å²) in [7, 11) is 0. The van der Waals surface area contributed by atoms with E-state index in [2.05, 4.69) is 91.1 Å². The fraction of sp³-hybridized carbons (Fsp3) is 0.645. The van der Waals surface area contributed by atoms with E-state index in [0.717, 1.165) is 96.9 Å². The number of fused-ring (bicyclic) bond motifs is 10. The molecule has 12 atom stereocenters. The lowest BCUT2D eigenvalue weighted by molar-refractivity contribution is 0.00782. The molecule has 0 spiro atoms. The van der Waals surface area contributed by atoms with Gasteiger partial charge in [-0.05, 0) is 128 Å². The number of nitrogens with zero attached hydrogens (tertiary/aromatic N) is 2. The minimum Gasteiger partial charge on any atom is -0.392 e. The van der Waals surface area contributed by atoms with Gasteiger partial charge in [-0.3, -0.25) is 9.97 Å². The highest BCUT2D eigenvalue weighted by atomic mass is 16.3. The van der Waals surface area contributed by atoms with Crippen molar-refractivity contribution in [3.8, 4) is 0 Å². The topological polar surface area (TPSA) is 203 Å². The molecule has 0 amide bonds. The van der Waals surface area contributed by atoms with Crippen LogP contribution in [0, 0.1) is 23.7 Å². The number of aliphatic hydroxyl groups excluding tert-OH is 4. The molecule has 14 nitrogen and oxygen atoms in total. The van der Waals surface area contributed by atoms with Gasteiger partial charge in [-0.15, -0.1) is 0 Å². The summed E-state index contributed by atoms with van der Waals surface area (Å²) in [6.07, 6.45) is 16.6.